The van der Waals surface area contributed by atoms with Gasteiger partial charge in [0.1, 0.15) is 5.82 Å². The molecule has 22 heavy (non-hydrogen) atoms. The fraction of sp³-hybridized carbons (Fsp3) is 0.200. The minimum Gasteiger partial charge on any atom is -0.387 e. The van der Waals surface area contributed by atoms with Crippen LogP contribution in [0.2, 0.25) is 0 Å². The van der Waals surface area contributed by atoms with Gasteiger partial charge in [-0.2, -0.15) is 11.3 Å². The topological polar surface area (TPSA) is 78.4 Å². The summed E-state index contributed by atoms with van der Waals surface area (Å²) in [6.07, 6.45) is -0.847. The summed E-state index contributed by atoms with van der Waals surface area (Å²) < 4.78 is 12.7. The van der Waals surface area contributed by atoms with Crippen molar-refractivity contribution >= 4 is 23.2 Å². The molecule has 2 amide bonds. The van der Waals surface area contributed by atoms with Crippen molar-refractivity contribution in [1.29, 1.82) is 0 Å². The van der Waals surface area contributed by atoms with E-state index in [1.54, 1.807) is 11.4 Å². The lowest BCUT2D eigenvalue weighted by Gasteiger charge is -2.10. The maximum Gasteiger partial charge on any atom is 0.309 e. The fourth-order valence-electron chi connectivity index (χ4n) is 1.72. The van der Waals surface area contributed by atoms with E-state index in [2.05, 4.69) is 10.6 Å². The first-order valence-electron chi connectivity index (χ1n) is 6.57. The van der Waals surface area contributed by atoms with Crippen LogP contribution in [0.3, 0.4) is 0 Å². The molecule has 0 spiro atoms. The Hall–Kier alpha value is -2.25. The van der Waals surface area contributed by atoms with Crippen molar-refractivity contribution in [1.82, 2.24) is 10.6 Å². The van der Waals surface area contributed by atoms with Crippen molar-refractivity contribution < 1.29 is 19.1 Å². The Morgan fingerprint density at radius 1 is 1.14 bits per heavy atom. The molecule has 2 rings (SSSR count). The number of benzene rings is 1. The number of halogens is 1. The van der Waals surface area contributed by atoms with Gasteiger partial charge in [-0.1, -0.05) is 12.1 Å². The molecule has 0 aliphatic rings. The van der Waals surface area contributed by atoms with Gasteiger partial charge in [0.15, 0.2) is 0 Å². The third-order valence-electron chi connectivity index (χ3n) is 2.96. The average Bonchev–Trinajstić information content (AvgIpc) is 3.06. The fourth-order valence-corrected chi connectivity index (χ4v) is 2.42. The lowest BCUT2D eigenvalue weighted by molar-refractivity contribution is -0.139. The summed E-state index contributed by atoms with van der Waals surface area (Å²) >= 11 is 1.44. The first kappa shape index (κ1) is 16.1. The van der Waals surface area contributed by atoms with E-state index in [0.717, 1.165) is 0 Å². The molecule has 116 valence electrons. The predicted molar refractivity (Wildman–Crippen MR) is 80.5 cm³/mol. The van der Waals surface area contributed by atoms with E-state index in [4.69, 9.17) is 0 Å². The van der Waals surface area contributed by atoms with Crippen molar-refractivity contribution in [2.45, 2.75) is 12.6 Å². The molecule has 0 radical (unpaired) electrons. The molecular weight excluding hydrogens is 307 g/mol. The summed E-state index contributed by atoms with van der Waals surface area (Å²) in [5.41, 5.74) is 1.37. The summed E-state index contributed by atoms with van der Waals surface area (Å²) in [4.78, 5) is 23.2. The van der Waals surface area contributed by atoms with Crippen LogP contribution in [-0.4, -0.2) is 23.5 Å². The maximum absolute atomic E-state index is 12.7. The number of nitrogens with one attached hydrogen (secondary N) is 2. The van der Waals surface area contributed by atoms with Gasteiger partial charge in [0.2, 0.25) is 0 Å². The zero-order chi connectivity index (χ0) is 15.9. The number of aliphatic hydroxyl groups is 1. The first-order valence-corrected chi connectivity index (χ1v) is 7.51. The summed E-state index contributed by atoms with van der Waals surface area (Å²) in [5, 5.41) is 18.2. The third-order valence-corrected chi connectivity index (χ3v) is 3.66. The number of rotatable bonds is 5. The van der Waals surface area contributed by atoms with E-state index >= 15 is 0 Å². The van der Waals surface area contributed by atoms with Crippen LogP contribution in [0.4, 0.5) is 4.39 Å². The van der Waals surface area contributed by atoms with Crippen molar-refractivity contribution in [2.75, 3.05) is 6.54 Å². The van der Waals surface area contributed by atoms with Gasteiger partial charge in [0, 0.05) is 13.1 Å². The second kappa shape index (κ2) is 7.67. The molecule has 3 N–H and O–H groups in total. The van der Waals surface area contributed by atoms with Crippen LogP contribution in [0.25, 0.3) is 0 Å². The summed E-state index contributed by atoms with van der Waals surface area (Å²) in [6, 6.07) is 7.34. The molecule has 1 atom stereocenters. The van der Waals surface area contributed by atoms with Crippen LogP contribution in [0.1, 0.15) is 17.2 Å². The molecule has 1 aromatic carbocycles. The summed E-state index contributed by atoms with van der Waals surface area (Å²) in [7, 11) is 0. The Labute approximate surface area is 130 Å². The van der Waals surface area contributed by atoms with Crippen LogP contribution >= 0.6 is 11.3 Å². The second-order valence-electron chi connectivity index (χ2n) is 4.59. The summed E-state index contributed by atoms with van der Waals surface area (Å²) in [5.74, 6) is -1.99. The molecule has 0 unspecified atom stereocenters. The molecule has 0 saturated heterocycles. The molecule has 0 aliphatic carbocycles. The number of hydrogen-bond acceptors (Lipinski definition) is 4. The van der Waals surface area contributed by atoms with Crippen molar-refractivity contribution in [3.63, 3.8) is 0 Å². The highest BCUT2D eigenvalue weighted by Crippen LogP contribution is 2.14. The molecule has 0 bridgehead atoms. The quantitative estimate of drug-likeness (QED) is 0.727. The highest BCUT2D eigenvalue weighted by Gasteiger charge is 2.15. The lowest BCUT2D eigenvalue weighted by Crippen LogP contribution is -2.41. The van der Waals surface area contributed by atoms with Gasteiger partial charge in [-0.15, -0.1) is 0 Å². The first-order chi connectivity index (χ1) is 10.6. The SMILES string of the molecule is O=C(NCc1ccc(F)cc1)C(=O)NC[C@@H](O)c1ccsc1. The molecule has 0 aliphatic heterocycles. The van der Waals surface area contributed by atoms with Crippen LogP contribution in [0.15, 0.2) is 41.1 Å². The Kier molecular flexibility index (Phi) is 5.62. The Morgan fingerprint density at radius 3 is 2.45 bits per heavy atom. The number of carbonyl (C=O) groups excluding carboxylic acids is 2. The normalized spacial score (nSPS) is 11.7. The molecule has 1 aromatic heterocycles. The Morgan fingerprint density at radius 2 is 1.82 bits per heavy atom. The number of amides is 2. The zero-order valence-corrected chi connectivity index (χ0v) is 12.4. The predicted octanol–water partition coefficient (Wildman–Crippen LogP) is 1.35. The lowest BCUT2D eigenvalue weighted by atomic mass is 10.2. The van der Waals surface area contributed by atoms with Gasteiger partial charge in [0.25, 0.3) is 0 Å². The van der Waals surface area contributed by atoms with E-state index in [1.165, 1.54) is 35.6 Å². The standard InChI is InChI=1S/C15H15FN2O3S/c16-12-3-1-10(2-4-12)7-17-14(20)15(21)18-8-13(19)11-5-6-22-9-11/h1-6,9,13,19H,7-8H2,(H,17,20)(H,18,21)/t13-/m1/s1. The van der Waals surface area contributed by atoms with E-state index in [1.807, 2.05) is 5.38 Å². The molecule has 1 heterocycles. The second-order valence-corrected chi connectivity index (χ2v) is 5.37. The molecule has 2 aromatic rings. The highest BCUT2D eigenvalue weighted by atomic mass is 32.1. The van der Waals surface area contributed by atoms with E-state index in [-0.39, 0.29) is 18.9 Å². The van der Waals surface area contributed by atoms with Gasteiger partial charge in [-0.05, 0) is 40.1 Å². The number of hydrogen-bond donors (Lipinski definition) is 3. The van der Waals surface area contributed by atoms with Gasteiger partial charge < -0.3 is 15.7 Å². The number of carbonyl (C=O) groups is 2. The van der Waals surface area contributed by atoms with Crippen molar-refractivity contribution in [3.05, 3.63) is 58.0 Å². The summed E-state index contributed by atoms with van der Waals surface area (Å²) in [6.45, 7) is 0.0825. The molecular formula is C15H15FN2O3S. The third kappa shape index (κ3) is 4.64. The van der Waals surface area contributed by atoms with E-state index in [0.29, 0.717) is 11.1 Å². The van der Waals surface area contributed by atoms with Gasteiger partial charge in [0.05, 0.1) is 6.10 Å². The average molecular weight is 322 g/mol. The Balaban J connectivity index is 1.75. The van der Waals surface area contributed by atoms with E-state index in [9.17, 15) is 19.1 Å². The minimum absolute atomic E-state index is 0.0421. The van der Waals surface area contributed by atoms with Gasteiger partial charge in [-0.25, -0.2) is 4.39 Å². The maximum atomic E-state index is 12.7. The van der Waals surface area contributed by atoms with Gasteiger partial charge >= 0.3 is 11.8 Å². The molecule has 0 fully saturated rings. The smallest absolute Gasteiger partial charge is 0.309 e. The number of thiophene rings is 1. The molecule has 5 nitrogen and oxygen atoms in total. The number of aliphatic hydroxyl groups excluding tert-OH is 1. The van der Waals surface area contributed by atoms with Crippen LogP contribution in [0.5, 0.6) is 0 Å². The highest BCUT2D eigenvalue weighted by molar-refractivity contribution is 7.07. The van der Waals surface area contributed by atoms with Crippen LogP contribution < -0.4 is 10.6 Å². The van der Waals surface area contributed by atoms with Crippen molar-refractivity contribution in [3.8, 4) is 0 Å². The minimum atomic E-state index is -0.847. The Bertz CT molecular complexity index is 629. The van der Waals surface area contributed by atoms with E-state index < -0.39 is 17.9 Å². The largest absolute Gasteiger partial charge is 0.387 e. The molecule has 0 saturated carbocycles. The zero-order valence-electron chi connectivity index (χ0n) is 11.6. The molecule has 7 heteroatoms. The van der Waals surface area contributed by atoms with Crippen molar-refractivity contribution in [2.24, 2.45) is 0 Å². The monoisotopic (exact) mass is 322 g/mol. The van der Waals surface area contributed by atoms with Gasteiger partial charge in [-0.3, -0.25) is 9.59 Å². The van der Waals surface area contributed by atoms with Crippen LogP contribution in [-0.2, 0) is 16.1 Å². The van der Waals surface area contributed by atoms with Crippen LogP contribution in [0, 0.1) is 5.82 Å².